The Balaban J connectivity index is 2.09. The summed E-state index contributed by atoms with van der Waals surface area (Å²) >= 11 is 5.85. The predicted molar refractivity (Wildman–Crippen MR) is 93.0 cm³/mol. The van der Waals surface area contributed by atoms with Gasteiger partial charge >= 0.3 is 12.1 Å². The Bertz CT molecular complexity index is 873. The molecule has 150 valence electrons. The van der Waals surface area contributed by atoms with Gasteiger partial charge in [0.2, 0.25) is 0 Å². The molecule has 1 amide bonds. The number of alkyl halides is 3. The molecule has 0 saturated carbocycles. The average molecular weight is 418 g/mol. The van der Waals surface area contributed by atoms with Crippen LogP contribution in [0.4, 0.5) is 13.2 Å². The molecular formula is C18H15ClF3NO5. The van der Waals surface area contributed by atoms with Gasteiger partial charge in [-0.05, 0) is 43.3 Å². The first kappa shape index (κ1) is 21.5. The Hall–Kier alpha value is -2.78. The second kappa shape index (κ2) is 8.94. The van der Waals surface area contributed by atoms with Gasteiger partial charge in [-0.15, -0.1) is 0 Å². The van der Waals surface area contributed by atoms with Gasteiger partial charge in [0.05, 0.1) is 17.7 Å². The van der Waals surface area contributed by atoms with Crippen molar-refractivity contribution < 1.29 is 37.1 Å². The molecule has 0 aliphatic heterocycles. The second-order valence-corrected chi connectivity index (χ2v) is 5.89. The first-order chi connectivity index (χ1) is 13.1. The van der Waals surface area contributed by atoms with Gasteiger partial charge < -0.3 is 9.47 Å². The SMILES string of the molecule is COC(=O)C(C)ONC(=O)c1cccc(Oc2ccc(C(F)(F)F)cc2Cl)c1. The molecule has 0 saturated heterocycles. The molecule has 1 unspecified atom stereocenters. The summed E-state index contributed by atoms with van der Waals surface area (Å²) in [6, 6.07) is 8.42. The van der Waals surface area contributed by atoms with Crippen molar-refractivity contribution >= 4 is 23.5 Å². The molecule has 10 heteroatoms. The van der Waals surface area contributed by atoms with Crippen LogP contribution in [0.25, 0.3) is 0 Å². The fraction of sp³-hybridized carbons (Fsp3) is 0.222. The lowest BCUT2D eigenvalue weighted by Gasteiger charge is -2.13. The summed E-state index contributed by atoms with van der Waals surface area (Å²) in [5, 5.41) is -0.236. The molecule has 0 radical (unpaired) electrons. The van der Waals surface area contributed by atoms with Crippen molar-refractivity contribution in [1.82, 2.24) is 5.48 Å². The van der Waals surface area contributed by atoms with Gasteiger partial charge in [0.25, 0.3) is 5.91 Å². The third-order valence-electron chi connectivity index (χ3n) is 3.44. The van der Waals surface area contributed by atoms with Crippen LogP contribution >= 0.6 is 11.6 Å². The number of methoxy groups -OCH3 is 1. The van der Waals surface area contributed by atoms with Gasteiger partial charge in [-0.2, -0.15) is 13.2 Å². The highest BCUT2D eigenvalue weighted by Gasteiger charge is 2.31. The molecule has 1 N–H and O–H groups in total. The molecule has 0 fully saturated rings. The summed E-state index contributed by atoms with van der Waals surface area (Å²) < 4.78 is 48.0. The molecule has 2 aromatic rings. The van der Waals surface area contributed by atoms with Crippen LogP contribution in [0.3, 0.4) is 0 Å². The minimum absolute atomic E-state index is 0.0113. The lowest BCUT2D eigenvalue weighted by molar-refractivity contribution is -0.156. The maximum absolute atomic E-state index is 12.7. The number of rotatable bonds is 6. The maximum atomic E-state index is 12.7. The smallest absolute Gasteiger partial charge is 0.416 e. The third-order valence-corrected chi connectivity index (χ3v) is 3.74. The largest absolute Gasteiger partial charge is 0.467 e. The highest BCUT2D eigenvalue weighted by molar-refractivity contribution is 6.32. The van der Waals surface area contributed by atoms with Crippen molar-refractivity contribution in [2.75, 3.05) is 7.11 Å². The summed E-state index contributed by atoms with van der Waals surface area (Å²) in [5.74, 6) is -1.19. The van der Waals surface area contributed by atoms with Crippen molar-refractivity contribution in [3.05, 3.63) is 58.6 Å². The average Bonchev–Trinajstić information content (AvgIpc) is 2.66. The summed E-state index contributed by atoms with van der Waals surface area (Å²) in [6.45, 7) is 1.39. The maximum Gasteiger partial charge on any atom is 0.416 e. The van der Waals surface area contributed by atoms with Gasteiger partial charge in [0.15, 0.2) is 6.10 Å². The zero-order valence-corrected chi connectivity index (χ0v) is 15.4. The van der Waals surface area contributed by atoms with Crippen molar-refractivity contribution in [2.45, 2.75) is 19.2 Å². The summed E-state index contributed by atoms with van der Waals surface area (Å²) in [4.78, 5) is 28.2. The number of halogens is 4. The van der Waals surface area contributed by atoms with E-state index >= 15 is 0 Å². The molecular weight excluding hydrogens is 403 g/mol. The van der Waals surface area contributed by atoms with Crippen molar-refractivity contribution in [2.24, 2.45) is 0 Å². The minimum Gasteiger partial charge on any atom is -0.467 e. The van der Waals surface area contributed by atoms with Gasteiger partial charge in [0, 0.05) is 5.56 Å². The Labute approximate surface area is 163 Å². The molecule has 2 rings (SSSR count). The molecule has 0 bridgehead atoms. The number of carbonyl (C=O) groups excluding carboxylic acids is 2. The number of carbonyl (C=O) groups is 2. The van der Waals surface area contributed by atoms with E-state index in [1.807, 2.05) is 0 Å². The molecule has 0 aliphatic carbocycles. The Morgan fingerprint density at radius 1 is 1.14 bits per heavy atom. The van der Waals surface area contributed by atoms with E-state index in [-0.39, 0.29) is 22.1 Å². The first-order valence-corrected chi connectivity index (χ1v) is 8.18. The van der Waals surface area contributed by atoms with Gasteiger partial charge in [-0.3, -0.25) is 9.63 Å². The number of hydrogen-bond donors (Lipinski definition) is 1. The Morgan fingerprint density at radius 3 is 2.46 bits per heavy atom. The normalized spacial score (nSPS) is 12.2. The summed E-state index contributed by atoms with van der Waals surface area (Å²) in [6.07, 6.45) is -5.54. The highest BCUT2D eigenvalue weighted by atomic mass is 35.5. The highest BCUT2D eigenvalue weighted by Crippen LogP contribution is 2.36. The van der Waals surface area contributed by atoms with E-state index in [9.17, 15) is 22.8 Å². The van der Waals surface area contributed by atoms with E-state index in [0.717, 1.165) is 18.2 Å². The van der Waals surface area contributed by atoms with Crippen LogP contribution in [-0.2, 0) is 20.5 Å². The number of esters is 1. The van der Waals surface area contributed by atoms with Gasteiger partial charge in [-0.1, -0.05) is 17.7 Å². The third kappa shape index (κ3) is 5.61. The summed E-state index contributed by atoms with van der Waals surface area (Å²) in [5.41, 5.74) is 1.31. The lowest BCUT2D eigenvalue weighted by atomic mass is 10.2. The van der Waals surface area contributed by atoms with Gasteiger partial charge in [-0.25, -0.2) is 10.3 Å². The number of amides is 1. The fourth-order valence-electron chi connectivity index (χ4n) is 2.00. The monoisotopic (exact) mass is 417 g/mol. The number of hydroxylamine groups is 1. The zero-order valence-electron chi connectivity index (χ0n) is 14.7. The molecule has 0 heterocycles. The fourth-order valence-corrected chi connectivity index (χ4v) is 2.22. The quantitative estimate of drug-likeness (QED) is 0.558. The van der Waals surface area contributed by atoms with E-state index in [0.29, 0.717) is 0 Å². The zero-order chi connectivity index (χ0) is 20.9. The number of hydrogen-bond acceptors (Lipinski definition) is 5. The van der Waals surface area contributed by atoms with Crippen molar-refractivity contribution in [1.29, 1.82) is 0 Å². The predicted octanol–water partition coefficient (Wildman–Crippen LogP) is 4.37. The van der Waals surface area contributed by atoms with Crippen LogP contribution < -0.4 is 10.2 Å². The molecule has 0 aromatic heterocycles. The Morgan fingerprint density at radius 2 is 1.86 bits per heavy atom. The summed E-state index contributed by atoms with van der Waals surface area (Å²) in [7, 11) is 1.18. The van der Waals surface area contributed by atoms with E-state index in [2.05, 4.69) is 10.2 Å². The van der Waals surface area contributed by atoms with Crippen LogP contribution in [0.2, 0.25) is 5.02 Å². The van der Waals surface area contributed by atoms with Crippen LogP contribution in [0.5, 0.6) is 11.5 Å². The minimum atomic E-state index is -4.53. The number of benzene rings is 2. The molecule has 0 spiro atoms. The number of ether oxygens (including phenoxy) is 2. The standard InChI is InChI=1S/C18H15ClF3NO5/c1-10(17(25)26-2)28-23-16(24)11-4-3-5-13(8-11)27-15-7-6-12(9-14(15)19)18(20,21)22/h3-10H,1-2H3,(H,23,24). The molecule has 6 nitrogen and oxygen atoms in total. The lowest BCUT2D eigenvalue weighted by Crippen LogP contribution is -2.33. The molecule has 1 atom stereocenters. The molecule has 2 aromatic carbocycles. The second-order valence-electron chi connectivity index (χ2n) is 5.49. The van der Waals surface area contributed by atoms with E-state index < -0.39 is 29.7 Å². The van der Waals surface area contributed by atoms with E-state index in [4.69, 9.17) is 21.2 Å². The topological polar surface area (TPSA) is 73.9 Å². The van der Waals surface area contributed by atoms with Crippen molar-refractivity contribution in [3.63, 3.8) is 0 Å². The Kier molecular flexibility index (Phi) is 6.87. The van der Waals surface area contributed by atoms with Crippen molar-refractivity contribution in [3.8, 4) is 11.5 Å². The molecule has 0 aliphatic rings. The van der Waals surface area contributed by atoms with E-state index in [1.165, 1.54) is 38.3 Å². The molecule has 28 heavy (non-hydrogen) atoms. The van der Waals surface area contributed by atoms with Crippen LogP contribution in [0, 0.1) is 0 Å². The number of nitrogens with one attached hydrogen (secondary N) is 1. The first-order valence-electron chi connectivity index (χ1n) is 7.80. The van der Waals surface area contributed by atoms with Crippen LogP contribution in [-0.4, -0.2) is 25.1 Å². The van der Waals surface area contributed by atoms with Gasteiger partial charge in [0.1, 0.15) is 11.5 Å². The van der Waals surface area contributed by atoms with E-state index in [1.54, 1.807) is 0 Å². The van der Waals surface area contributed by atoms with Crippen LogP contribution in [0.15, 0.2) is 42.5 Å². The van der Waals surface area contributed by atoms with Crippen LogP contribution in [0.1, 0.15) is 22.8 Å².